The van der Waals surface area contributed by atoms with Gasteiger partial charge in [0.2, 0.25) is 5.91 Å². The molecule has 0 aromatic heterocycles. The summed E-state index contributed by atoms with van der Waals surface area (Å²) in [6.45, 7) is 0.757. The van der Waals surface area contributed by atoms with Gasteiger partial charge < -0.3 is 15.4 Å². The van der Waals surface area contributed by atoms with Crippen LogP contribution in [0.25, 0.3) is 0 Å². The van der Waals surface area contributed by atoms with Crippen LogP contribution in [0.1, 0.15) is 38.5 Å². The zero-order chi connectivity index (χ0) is 14.4. The summed E-state index contributed by atoms with van der Waals surface area (Å²) < 4.78 is 5.36. The van der Waals surface area contributed by atoms with Gasteiger partial charge in [-0.05, 0) is 45.6 Å². The van der Waals surface area contributed by atoms with Crippen LogP contribution in [-0.2, 0) is 14.3 Å². The van der Waals surface area contributed by atoms with Crippen LogP contribution < -0.4 is 10.6 Å². The number of esters is 1. The predicted octanol–water partition coefficient (Wildman–Crippen LogP) is 1.14. The number of likely N-dealkylation sites (N-methyl/N-ethyl adjacent to an activating group) is 1. The molecule has 1 aliphatic carbocycles. The number of hydrogen-bond acceptors (Lipinski definition) is 4. The molecule has 2 atom stereocenters. The van der Waals surface area contributed by atoms with Crippen molar-refractivity contribution in [3.63, 3.8) is 0 Å². The minimum atomic E-state index is -0.270. The van der Waals surface area contributed by atoms with Crippen molar-refractivity contribution >= 4 is 11.9 Å². The van der Waals surface area contributed by atoms with Crippen molar-refractivity contribution in [2.45, 2.75) is 50.7 Å². The van der Waals surface area contributed by atoms with Crippen LogP contribution in [-0.4, -0.2) is 37.6 Å². The van der Waals surface area contributed by atoms with Gasteiger partial charge in [-0.25, -0.2) is 4.79 Å². The van der Waals surface area contributed by atoms with E-state index in [4.69, 9.17) is 4.74 Å². The average molecular weight is 280 g/mol. The van der Waals surface area contributed by atoms with Crippen molar-refractivity contribution in [1.82, 2.24) is 10.6 Å². The molecule has 1 saturated heterocycles. The zero-order valence-electron chi connectivity index (χ0n) is 12.1. The molecule has 0 unspecified atom stereocenters. The lowest BCUT2D eigenvalue weighted by atomic mass is 9.98. The lowest BCUT2D eigenvalue weighted by Crippen LogP contribution is -2.29. The van der Waals surface area contributed by atoms with Crippen LogP contribution >= 0.6 is 0 Å². The van der Waals surface area contributed by atoms with Gasteiger partial charge in [0.1, 0.15) is 6.10 Å². The van der Waals surface area contributed by atoms with E-state index in [0.717, 1.165) is 45.1 Å². The Hall–Kier alpha value is -1.36. The molecule has 0 radical (unpaired) electrons. The molecular formula is C15H24N2O3. The fraction of sp³-hybridized carbons (Fsp3) is 0.733. The maximum absolute atomic E-state index is 11.7. The Bertz CT molecular complexity index is 375. The molecule has 0 aromatic carbocycles. The highest BCUT2D eigenvalue weighted by molar-refractivity contribution is 5.82. The second-order valence-electron chi connectivity index (χ2n) is 5.61. The van der Waals surface area contributed by atoms with E-state index in [-0.39, 0.29) is 29.9 Å². The molecule has 5 heteroatoms. The first-order chi connectivity index (χ1) is 9.69. The second-order valence-corrected chi connectivity index (χ2v) is 5.61. The van der Waals surface area contributed by atoms with E-state index in [1.807, 2.05) is 13.1 Å². The summed E-state index contributed by atoms with van der Waals surface area (Å²) >= 11 is 0. The molecule has 0 spiro atoms. The maximum Gasteiger partial charge on any atom is 0.330 e. The fourth-order valence-electron chi connectivity index (χ4n) is 2.87. The molecule has 5 nitrogen and oxygen atoms in total. The summed E-state index contributed by atoms with van der Waals surface area (Å²) in [5.74, 6) is -0.108. The van der Waals surface area contributed by atoms with Crippen LogP contribution in [0.15, 0.2) is 12.2 Å². The first-order valence-corrected chi connectivity index (χ1v) is 7.53. The van der Waals surface area contributed by atoms with E-state index in [0.29, 0.717) is 0 Å². The molecule has 2 rings (SSSR count). The van der Waals surface area contributed by atoms with Crippen LogP contribution in [0.2, 0.25) is 0 Å². The maximum atomic E-state index is 11.7. The number of carbonyl (C=O) groups excluding carboxylic acids is 2. The van der Waals surface area contributed by atoms with Gasteiger partial charge in [-0.2, -0.15) is 0 Å². The van der Waals surface area contributed by atoms with Crippen LogP contribution in [0, 0.1) is 5.92 Å². The Labute approximate surface area is 120 Å². The van der Waals surface area contributed by atoms with E-state index in [9.17, 15) is 9.59 Å². The summed E-state index contributed by atoms with van der Waals surface area (Å²) in [5.41, 5.74) is 0. The van der Waals surface area contributed by atoms with E-state index < -0.39 is 0 Å². The Balaban J connectivity index is 1.77. The molecule has 112 valence electrons. The monoisotopic (exact) mass is 280 g/mol. The van der Waals surface area contributed by atoms with Gasteiger partial charge in [-0.3, -0.25) is 4.79 Å². The van der Waals surface area contributed by atoms with Crippen molar-refractivity contribution in [2.75, 3.05) is 13.6 Å². The Kier molecular flexibility index (Phi) is 5.59. The highest BCUT2D eigenvalue weighted by Crippen LogP contribution is 2.21. The van der Waals surface area contributed by atoms with Crippen LogP contribution in [0.5, 0.6) is 0 Å². The lowest BCUT2D eigenvalue weighted by molar-refractivity contribution is -0.142. The molecule has 20 heavy (non-hydrogen) atoms. The number of nitrogens with one attached hydrogen (secondary N) is 2. The molecule has 2 fully saturated rings. The predicted molar refractivity (Wildman–Crippen MR) is 76.1 cm³/mol. The molecule has 1 heterocycles. The van der Waals surface area contributed by atoms with Crippen molar-refractivity contribution < 1.29 is 14.3 Å². The van der Waals surface area contributed by atoms with Crippen molar-refractivity contribution in [3.8, 4) is 0 Å². The average Bonchev–Trinajstić information content (AvgIpc) is 3.07. The van der Waals surface area contributed by atoms with Gasteiger partial charge in [0.05, 0.1) is 0 Å². The highest BCUT2D eigenvalue weighted by Gasteiger charge is 2.26. The second kappa shape index (κ2) is 7.43. The first kappa shape index (κ1) is 15.0. The summed E-state index contributed by atoms with van der Waals surface area (Å²) in [4.78, 5) is 23.2. The van der Waals surface area contributed by atoms with Crippen molar-refractivity contribution in [2.24, 2.45) is 5.92 Å². The summed E-state index contributed by atoms with van der Waals surface area (Å²) in [6, 6.07) is 0.0278. The van der Waals surface area contributed by atoms with E-state index >= 15 is 0 Å². The number of carbonyl (C=O) groups is 2. The molecule has 2 aliphatic rings. The van der Waals surface area contributed by atoms with Gasteiger partial charge in [-0.1, -0.05) is 6.08 Å². The van der Waals surface area contributed by atoms with Gasteiger partial charge in [0.25, 0.3) is 0 Å². The van der Waals surface area contributed by atoms with Crippen molar-refractivity contribution in [3.05, 3.63) is 12.2 Å². The molecule has 0 bridgehead atoms. The molecule has 2 N–H and O–H groups in total. The summed E-state index contributed by atoms with van der Waals surface area (Å²) in [7, 11) is 1.84. The van der Waals surface area contributed by atoms with Gasteiger partial charge in [0, 0.05) is 24.6 Å². The summed E-state index contributed by atoms with van der Waals surface area (Å²) in [5, 5.41) is 5.95. The van der Waals surface area contributed by atoms with Gasteiger partial charge in [0.15, 0.2) is 0 Å². The third-order valence-corrected chi connectivity index (χ3v) is 4.12. The van der Waals surface area contributed by atoms with E-state index in [1.165, 1.54) is 6.08 Å². The van der Waals surface area contributed by atoms with Crippen LogP contribution in [0.4, 0.5) is 0 Å². The van der Waals surface area contributed by atoms with E-state index in [2.05, 4.69) is 10.6 Å². The van der Waals surface area contributed by atoms with Crippen molar-refractivity contribution in [1.29, 1.82) is 0 Å². The van der Waals surface area contributed by atoms with E-state index in [1.54, 1.807) is 0 Å². The number of ether oxygens (including phenoxy) is 1. The van der Waals surface area contributed by atoms with Gasteiger partial charge in [-0.15, -0.1) is 0 Å². The minimum absolute atomic E-state index is 0.0278. The van der Waals surface area contributed by atoms with Crippen LogP contribution in [0.3, 0.4) is 0 Å². The Morgan fingerprint density at radius 2 is 2.20 bits per heavy atom. The largest absolute Gasteiger partial charge is 0.459 e. The number of rotatable bonds is 6. The fourth-order valence-corrected chi connectivity index (χ4v) is 2.87. The Morgan fingerprint density at radius 1 is 1.45 bits per heavy atom. The molecule has 1 aliphatic heterocycles. The zero-order valence-corrected chi connectivity index (χ0v) is 12.1. The molecule has 1 amide bonds. The number of hydrogen-bond donors (Lipinski definition) is 2. The van der Waals surface area contributed by atoms with Gasteiger partial charge >= 0.3 is 5.97 Å². The SMILES string of the molecule is CN[C@H](/C=C/C(=O)OC1CCCC1)C[C@@H]1CCNC1=O. The lowest BCUT2D eigenvalue weighted by Gasteiger charge is -2.15. The molecular weight excluding hydrogens is 256 g/mol. The normalized spacial score (nSPS) is 25.1. The number of amides is 1. The Morgan fingerprint density at radius 3 is 2.80 bits per heavy atom. The standard InChI is InChI=1S/C15H24N2O3/c1-16-12(10-11-8-9-17-15(11)19)6-7-14(18)20-13-4-2-3-5-13/h6-7,11-13,16H,2-5,8-10H2,1H3,(H,17,19)/b7-6+/t11-,12+/m0/s1. The molecule has 0 aromatic rings. The third kappa shape index (κ3) is 4.34. The smallest absolute Gasteiger partial charge is 0.330 e. The third-order valence-electron chi connectivity index (χ3n) is 4.12. The highest BCUT2D eigenvalue weighted by atomic mass is 16.5. The first-order valence-electron chi connectivity index (χ1n) is 7.53. The topological polar surface area (TPSA) is 67.4 Å². The quantitative estimate of drug-likeness (QED) is 0.565. The molecule has 1 saturated carbocycles. The summed E-state index contributed by atoms with van der Waals surface area (Å²) in [6.07, 6.45) is 9.26. The minimum Gasteiger partial charge on any atom is -0.459 e.